The van der Waals surface area contributed by atoms with E-state index in [1.807, 2.05) is 20.8 Å². The van der Waals surface area contributed by atoms with Gasteiger partial charge in [0.05, 0.1) is 12.8 Å². The second-order valence-electron chi connectivity index (χ2n) is 5.68. The van der Waals surface area contributed by atoms with Crippen molar-refractivity contribution >= 4 is 15.8 Å². The van der Waals surface area contributed by atoms with Gasteiger partial charge in [0.2, 0.25) is 10.0 Å². The van der Waals surface area contributed by atoms with Gasteiger partial charge < -0.3 is 0 Å². The molecule has 0 atom stereocenters. The van der Waals surface area contributed by atoms with Gasteiger partial charge in [-0.2, -0.15) is 4.31 Å². The molecule has 5 heteroatoms. The van der Waals surface area contributed by atoms with Gasteiger partial charge in [0, 0.05) is 12.5 Å². The molecule has 0 spiro atoms. The van der Waals surface area contributed by atoms with Crippen molar-refractivity contribution in [3.8, 4) is 0 Å². The zero-order chi connectivity index (χ0) is 13.1. The molecule has 0 unspecified atom stereocenters. The predicted molar refractivity (Wildman–Crippen MR) is 65.8 cm³/mol. The van der Waals surface area contributed by atoms with E-state index in [2.05, 4.69) is 0 Å². The normalized spacial score (nSPS) is 13.5. The zero-order valence-corrected chi connectivity index (χ0v) is 11.9. The lowest BCUT2D eigenvalue weighted by atomic mass is 9.90. The van der Waals surface area contributed by atoms with Crippen molar-refractivity contribution in [1.82, 2.24) is 4.31 Å². The fraction of sp³-hybridized carbons (Fsp3) is 0.909. The highest BCUT2D eigenvalue weighted by Crippen LogP contribution is 2.19. The summed E-state index contributed by atoms with van der Waals surface area (Å²) in [6.07, 6.45) is 1.53. The Labute approximate surface area is 99.1 Å². The number of carbonyl (C=O) groups excluding carboxylic acids is 1. The number of sulfonamides is 1. The Morgan fingerprint density at radius 2 is 1.69 bits per heavy atom. The molecule has 0 aliphatic carbocycles. The van der Waals surface area contributed by atoms with Gasteiger partial charge in [0.1, 0.15) is 5.78 Å². The van der Waals surface area contributed by atoms with E-state index in [-0.39, 0.29) is 23.8 Å². The topological polar surface area (TPSA) is 54.5 Å². The maximum atomic E-state index is 11.7. The molecule has 96 valence electrons. The molecule has 0 bridgehead atoms. The van der Waals surface area contributed by atoms with Gasteiger partial charge in [-0.3, -0.25) is 4.79 Å². The van der Waals surface area contributed by atoms with Crippen LogP contribution in [0.2, 0.25) is 0 Å². The largest absolute Gasteiger partial charge is 0.298 e. The smallest absolute Gasteiger partial charge is 0.211 e. The Balaban J connectivity index is 4.62. The first kappa shape index (κ1) is 15.6. The Kier molecular flexibility index (Phi) is 5.14. The van der Waals surface area contributed by atoms with Crippen molar-refractivity contribution in [3.63, 3.8) is 0 Å². The monoisotopic (exact) mass is 249 g/mol. The molecular weight excluding hydrogens is 226 g/mol. The summed E-state index contributed by atoms with van der Waals surface area (Å²) in [5.41, 5.74) is -0.1000. The third kappa shape index (κ3) is 6.23. The molecule has 0 aromatic rings. The SMILES string of the molecule is CC(C)N(CC(=O)CC(C)(C)C)S(C)(=O)=O. The molecule has 0 aromatic carbocycles. The summed E-state index contributed by atoms with van der Waals surface area (Å²) in [4.78, 5) is 11.7. The average molecular weight is 249 g/mol. The lowest BCUT2D eigenvalue weighted by Gasteiger charge is -2.25. The lowest BCUT2D eigenvalue weighted by molar-refractivity contribution is -0.121. The molecule has 4 nitrogen and oxygen atoms in total. The second-order valence-corrected chi connectivity index (χ2v) is 7.61. The van der Waals surface area contributed by atoms with E-state index >= 15 is 0 Å². The number of rotatable bonds is 5. The highest BCUT2D eigenvalue weighted by Gasteiger charge is 2.25. The van der Waals surface area contributed by atoms with Gasteiger partial charge >= 0.3 is 0 Å². The van der Waals surface area contributed by atoms with Crippen LogP contribution in [-0.2, 0) is 14.8 Å². The molecule has 0 aliphatic rings. The zero-order valence-electron chi connectivity index (χ0n) is 11.1. The number of hydrogen-bond donors (Lipinski definition) is 0. The quantitative estimate of drug-likeness (QED) is 0.744. The van der Waals surface area contributed by atoms with Crippen LogP contribution in [0, 0.1) is 5.41 Å². The van der Waals surface area contributed by atoms with Crippen LogP contribution in [0.15, 0.2) is 0 Å². The third-order valence-corrected chi connectivity index (χ3v) is 3.46. The molecule has 0 heterocycles. The van der Waals surface area contributed by atoms with E-state index in [0.717, 1.165) is 6.26 Å². The highest BCUT2D eigenvalue weighted by molar-refractivity contribution is 7.88. The van der Waals surface area contributed by atoms with Crippen molar-refractivity contribution < 1.29 is 13.2 Å². The molecule has 0 radical (unpaired) electrons. The first-order valence-electron chi connectivity index (χ1n) is 5.42. The van der Waals surface area contributed by atoms with Crippen LogP contribution in [0.4, 0.5) is 0 Å². The molecule has 0 amide bonds. The fourth-order valence-electron chi connectivity index (χ4n) is 1.50. The van der Waals surface area contributed by atoms with Gasteiger partial charge in [-0.15, -0.1) is 0 Å². The third-order valence-electron chi connectivity index (χ3n) is 2.06. The molecule has 0 rings (SSSR count). The second kappa shape index (κ2) is 5.27. The fourth-order valence-corrected chi connectivity index (χ4v) is 2.65. The van der Waals surface area contributed by atoms with E-state index in [4.69, 9.17) is 0 Å². The van der Waals surface area contributed by atoms with Crippen LogP contribution in [0.3, 0.4) is 0 Å². The minimum atomic E-state index is -3.30. The molecule has 0 N–H and O–H groups in total. The average Bonchev–Trinajstić information content (AvgIpc) is 1.93. The lowest BCUT2D eigenvalue weighted by Crippen LogP contribution is -2.40. The van der Waals surface area contributed by atoms with Crippen LogP contribution >= 0.6 is 0 Å². The standard InChI is InChI=1S/C11H23NO3S/c1-9(2)12(16(6,14)15)8-10(13)7-11(3,4)5/h9H,7-8H2,1-6H3. The Morgan fingerprint density at radius 1 is 1.25 bits per heavy atom. The van der Waals surface area contributed by atoms with Crippen molar-refractivity contribution in [1.29, 1.82) is 0 Å². The van der Waals surface area contributed by atoms with Crippen LogP contribution < -0.4 is 0 Å². The Bertz CT molecular complexity index is 339. The summed E-state index contributed by atoms with van der Waals surface area (Å²) in [6.45, 7) is 9.41. The number of nitrogens with zero attached hydrogens (tertiary/aromatic N) is 1. The maximum Gasteiger partial charge on any atom is 0.211 e. The van der Waals surface area contributed by atoms with Crippen LogP contribution in [0.1, 0.15) is 41.0 Å². The summed E-state index contributed by atoms with van der Waals surface area (Å²) in [5.74, 6) is -0.0355. The first-order chi connectivity index (χ1) is 6.93. The molecule has 0 aromatic heterocycles. The highest BCUT2D eigenvalue weighted by atomic mass is 32.2. The minimum Gasteiger partial charge on any atom is -0.298 e. The van der Waals surface area contributed by atoms with Crippen molar-refractivity contribution in [2.24, 2.45) is 5.41 Å². The molecule has 16 heavy (non-hydrogen) atoms. The van der Waals surface area contributed by atoms with Crippen LogP contribution in [-0.4, -0.2) is 37.3 Å². The van der Waals surface area contributed by atoms with Gasteiger partial charge in [-0.1, -0.05) is 20.8 Å². The Morgan fingerprint density at radius 3 is 1.94 bits per heavy atom. The van der Waals surface area contributed by atoms with Crippen molar-refractivity contribution in [2.45, 2.75) is 47.1 Å². The molecule has 0 saturated carbocycles. The summed E-state index contributed by atoms with van der Waals surface area (Å²) in [6, 6.07) is -0.182. The maximum absolute atomic E-state index is 11.7. The van der Waals surface area contributed by atoms with E-state index in [1.54, 1.807) is 13.8 Å². The molecular formula is C11H23NO3S. The van der Waals surface area contributed by atoms with E-state index in [1.165, 1.54) is 4.31 Å². The number of hydrogen-bond acceptors (Lipinski definition) is 3. The van der Waals surface area contributed by atoms with Crippen molar-refractivity contribution in [2.75, 3.05) is 12.8 Å². The minimum absolute atomic E-state index is 0.0201. The summed E-state index contributed by atoms with van der Waals surface area (Å²) in [7, 11) is -3.30. The predicted octanol–water partition coefficient (Wildman–Crippen LogP) is 1.66. The molecule has 0 aliphatic heterocycles. The first-order valence-corrected chi connectivity index (χ1v) is 7.27. The van der Waals surface area contributed by atoms with Gasteiger partial charge in [0.25, 0.3) is 0 Å². The number of Topliss-reactive ketones (excluding diaryl/α,β-unsaturated/α-hetero) is 1. The van der Waals surface area contributed by atoms with E-state index < -0.39 is 10.0 Å². The summed E-state index contributed by atoms with van der Waals surface area (Å²) >= 11 is 0. The van der Waals surface area contributed by atoms with Gasteiger partial charge in [-0.05, 0) is 19.3 Å². The van der Waals surface area contributed by atoms with Gasteiger partial charge in [-0.25, -0.2) is 8.42 Å². The Hall–Kier alpha value is -0.420. The van der Waals surface area contributed by atoms with Crippen LogP contribution in [0.25, 0.3) is 0 Å². The molecule has 0 saturated heterocycles. The van der Waals surface area contributed by atoms with E-state index in [9.17, 15) is 13.2 Å². The van der Waals surface area contributed by atoms with Gasteiger partial charge in [0.15, 0.2) is 0 Å². The van der Waals surface area contributed by atoms with Crippen LogP contribution in [0.5, 0.6) is 0 Å². The summed E-state index contributed by atoms with van der Waals surface area (Å²) in [5, 5.41) is 0. The molecule has 0 fully saturated rings. The van der Waals surface area contributed by atoms with E-state index in [0.29, 0.717) is 6.42 Å². The van der Waals surface area contributed by atoms with Crippen molar-refractivity contribution in [3.05, 3.63) is 0 Å². The number of carbonyl (C=O) groups is 1. The summed E-state index contributed by atoms with van der Waals surface area (Å²) < 4.78 is 24.1. The number of ketones is 1.